The number of carbonyl (C=O) groups is 2. The van der Waals surface area contributed by atoms with E-state index in [1.165, 1.54) is 25.1 Å². The molecule has 2 aromatic carbocycles. The van der Waals surface area contributed by atoms with Gasteiger partial charge in [-0.2, -0.15) is 13.2 Å². The van der Waals surface area contributed by atoms with Gasteiger partial charge in [-0.1, -0.05) is 12.1 Å². The maximum absolute atomic E-state index is 12.6. The average Bonchev–Trinajstić information content (AvgIpc) is 2.95. The molecule has 0 saturated carbocycles. The lowest BCUT2D eigenvalue weighted by molar-refractivity contribution is -0.137. The molecule has 1 heterocycles. The second-order valence-electron chi connectivity index (χ2n) is 5.71. The largest absolute Gasteiger partial charge is 0.416 e. The Kier molecular flexibility index (Phi) is 4.81. The molecule has 2 aromatic rings. The lowest BCUT2D eigenvalue weighted by Gasteiger charge is -2.05. The van der Waals surface area contributed by atoms with Crippen LogP contribution >= 0.6 is 0 Å². The van der Waals surface area contributed by atoms with Gasteiger partial charge in [0, 0.05) is 18.2 Å². The third-order valence-electron chi connectivity index (χ3n) is 3.61. The van der Waals surface area contributed by atoms with Crippen molar-refractivity contribution in [2.75, 3.05) is 5.32 Å². The van der Waals surface area contributed by atoms with Crippen LogP contribution in [0.3, 0.4) is 0 Å². The number of rotatable bonds is 3. The second kappa shape index (κ2) is 7.06. The highest BCUT2D eigenvalue weighted by molar-refractivity contribution is 6.13. The lowest BCUT2D eigenvalue weighted by atomic mass is 10.1. The minimum Gasteiger partial charge on any atom is -0.402 e. The van der Waals surface area contributed by atoms with Crippen LogP contribution < -0.4 is 5.32 Å². The monoisotopic (exact) mass is 374 g/mol. The third-order valence-corrected chi connectivity index (χ3v) is 3.61. The van der Waals surface area contributed by atoms with E-state index in [-0.39, 0.29) is 17.5 Å². The molecule has 1 N–H and O–H groups in total. The number of nitrogens with zero attached hydrogens (tertiary/aromatic N) is 1. The topological polar surface area (TPSA) is 67.8 Å². The van der Waals surface area contributed by atoms with Crippen molar-refractivity contribution in [2.45, 2.75) is 13.1 Å². The number of aliphatic imine (C=N–C) groups is 1. The van der Waals surface area contributed by atoms with E-state index in [4.69, 9.17) is 4.74 Å². The molecule has 0 bridgehead atoms. The van der Waals surface area contributed by atoms with Crippen molar-refractivity contribution < 1.29 is 27.5 Å². The predicted molar refractivity (Wildman–Crippen MR) is 92.8 cm³/mol. The van der Waals surface area contributed by atoms with Crippen LogP contribution in [0.25, 0.3) is 6.08 Å². The van der Waals surface area contributed by atoms with Gasteiger partial charge in [0.25, 0.3) is 0 Å². The number of carbonyl (C=O) groups excluding carboxylic acids is 2. The van der Waals surface area contributed by atoms with E-state index in [9.17, 15) is 22.8 Å². The molecule has 5 nitrogen and oxygen atoms in total. The SMILES string of the molecule is CC(=O)Nc1ccc(C2=N/C(=C\c3ccc(C(F)(F)F)cc3)C(=O)O2)cc1. The minimum atomic E-state index is -4.42. The molecular weight excluding hydrogens is 361 g/mol. The fraction of sp³-hybridized carbons (Fsp3) is 0.105. The smallest absolute Gasteiger partial charge is 0.402 e. The standard InChI is InChI=1S/C19H13F3N2O3/c1-11(25)23-15-8-4-13(5-9-15)17-24-16(18(26)27-17)10-12-2-6-14(7-3-12)19(20,21)22/h2-10H,1H3,(H,23,25)/b16-10-. The molecule has 0 radical (unpaired) electrons. The molecule has 1 aliphatic heterocycles. The van der Waals surface area contributed by atoms with E-state index in [1.807, 2.05) is 0 Å². The van der Waals surface area contributed by atoms with Crippen LogP contribution in [0.5, 0.6) is 0 Å². The highest BCUT2D eigenvalue weighted by Gasteiger charge is 2.30. The molecule has 0 aromatic heterocycles. The Labute approximate surface area is 152 Å². The molecule has 0 spiro atoms. The molecule has 0 saturated heterocycles. The zero-order chi connectivity index (χ0) is 19.6. The lowest BCUT2D eigenvalue weighted by Crippen LogP contribution is -2.07. The van der Waals surface area contributed by atoms with Gasteiger partial charge in [-0.15, -0.1) is 0 Å². The van der Waals surface area contributed by atoms with E-state index >= 15 is 0 Å². The van der Waals surface area contributed by atoms with Gasteiger partial charge in [-0.25, -0.2) is 9.79 Å². The van der Waals surface area contributed by atoms with Crippen LogP contribution in [0.1, 0.15) is 23.6 Å². The van der Waals surface area contributed by atoms with Crippen LogP contribution in [0.15, 0.2) is 59.2 Å². The number of benzene rings is 2. The molecule has 0 aliphatic carbocycles. The molecule has 1 amide bonds. The summed E-state index contributed by atoms with van der Waals surface area (Å²) in [6.07, 6.45) is -3.08. The minimum absolute atomic E-state index is 0.0179. The van der Waals surface area contributed by atoms with Gasteiger partial charge in [0.15, 0.2) is 5.70 Å². The van der Waals surface area contributed by atoms with E-state index in [0.717, 1.165) is 12.1 Å². The van der Waals surface area contributed by atoms with Gasteiger partial charge in [0.2, 0.25) is 11.8 Å². The van der Waals surface area contributed by atoms with Gasteiger partial charge in [-0.3, -0.25) is 4.79 Å². The number of nitrogens with one attached hydrogen (secondary N) is 1. The van der Waals surface area contributed by atoms with Gasteiger partial charge >= 0.3 is 12.1 Å². The van der Waals surface area contributed by atoms with Gasteiger partial charge < -0.3 is 10.1 Å². The van der Waals surface area contributed by atoms with Gasteiger partial charge in [-0.05, 0) is 48.0 Å². The van der Waals surface area contributed by atoms with Crippen LogP contribution in [-0.4, -0.2) is 17.8 Å². The number of hydrogen-bond acceptors (Lipinski definition) is 4. The van der Waals surface area contributed by atoms with Crippen LogP contribution in [0.2, 0.25) is 0 Å². The Morgan fingerprint density at radius 1 is 1.07 bits per heavy atom. The van der Waals surface area contributed by atoms with E-state index in [0.29, 0.717) is 16.8 Å². The first-order chi connectivity index (χ1) is 12.7. The number of esters is 1. The fourth-order valence-corrected chi connectivity index (χ4v) is 2.36. The van der Waals surface area contributed by atoms with Crippen molar-refractivity contribution in [1.82, 2.24) is 0 Å². The summed E-state index contributed by atoms with van der Waals surface area (Å²) in [5, 5.41) is 2.61. The molecule has 8 heteroatoms. The quantitative estimate of drug-likeness (QED) is 0.652. The molecule has 3 rings (SSSR count). The highest BCUT2D eigenvalue weighted by atomic mass is 19.4. The first-order valence-electron chi connectivity index (χ1n) is 7.80. The fourth-order valence-electron chi connectivity index (χ4n) is 2.36. The third kappa shape index (κ3) is 4.41. The van der Waals surface area contributed by atoms with Crippen LogP contribution in [0.4, 0.5) is 18.9 Å². The Hall–Kier alpha value is -3.42. The van der Waals surface area contributed by atoms with Gasteiger partial charge in [0.1, 0.15) is 0 Å². The van der Waals surface area contributed by atoms with Crippen molar-refractivity contribution in [1.29, 1.82) is 0 Å². The summed E-state index contributed by atoms with van der Waals surface area (Å²) in [7, 11) is 0. The summed E-state index contributed by atoms with van der Waals surface area (Å²) >= 11 is 0. The van der Waals surface area contributed by atoms with E-state index in [1.54, 1.807) is 24.3 Å². The number of alkyl halides is 3. The predicted octanol–water partition coefficient (Wildman–Crippen LogP) is 4.01. The maximum Gasteiger partial charge on any atom is 0.416 e. The zero-order valence-electron chi connectivity index (χ0n) is 14.0. The number of cyclic esters (lactones) is 1. The number of halogens is 3. The Balaban J connectivity index is 1.81. The molecule has 0 fully saturated rings. The summed E-state index contributed by atoms with van der Waals surface area (Å²) in [6.45, 7) is 1.38. The second-order valence-corrected chi connectivity index (χ2v) is 5.71. The summed E-state index contributed by atoms with van der Waals surface area (Å²) < 4.78 is 42.9. The van der Waals surface area contributed by atoms with Crippen molar-refractivity contribution in [3.05, 3.63) is 70.9 Å². The molecule has 0 unspecified atom stereocenters. The van der Waals surface area contributed by atoms with Crippen molar-refractivity contribution >= 4 is 29.5 Å². The number of hydrogen-bond donors (Lipinski definition) is 1. The maximum atomic E-state index is 12.6. The number of amides is 1. The normalized spacial score (nSPS) is 15.5. The Bertz CT molecular complexity index is 944. The molecule has 138 valence electrons. The van der Waals surface area contributed by atoms with Crippen molar-refractivity contribution in [3.8, 4) is 0 Å². The zero-order valence-corrected chi connectivity index (χ0v) is 14.0. The van der Waals surface area contributed by atoms with Gasteiger partial charge in [0.05, 0.1) is 5.56 Å². The average molecular weight is 374 g/mol. The summed E-state index contributed by atoms with van der Waals surface area (Å²) in [5.41, 5.74) is 0.698. The molecule has 1 aliphatic rings. The van der Waals surface area contributed by atoms with Crippen molar-refractivity contribution in [3.63, 3.8) is 0 Å². The Morgan fingerprint density at radius 3 is 2.26 bits per heavy atom. The summed E-state index contributed by atoms with van der Waals surface area (Å²) in [5.74, 6) is -0.836. The van der Waals surface area contributed by atoms with E-state index < -0.39 is 17.7 Å². The van der Waals surface area contributed by atoms with E-state index in [2.05, 4.69) is 10.3 Å². The molecular formula is C19H13F3N2O3. The summed E-state index contributed by atoms with van der Waals surface area (Å²) in [4.78, 5) is 27.1. The first kappa shape index (κ1) is 18.4. The molecule has 0 atom stereocenters. The van der Waals surface area contributed by atoms with Crippen LogP contribution in [-0.2, 0) is 20.5 Å². The first-order valence-corrected chi connectivity index (χ1v) is 7.80. The molecule has 27 heavy (non-hydrogen) atoms. The number of anilines is 1. The van der Waals surface area contributed by atoms with Crippen molar-refractivity contribution in [2.24, 2.45) is 4.99 Å². The highest BCUT2D eigenvalue weighted by Crippen LogP contribution is 2.29. The Morgan fingerprint density at radius 2 is 1.70 bits per heavy atom. The number of ether oxygens (including phenoxy) is 1. The van der Waals surface area contributed by atoms with Crippen LogP contribution in [0, 0.1) is 0 Å². The summed E-state index contributed by atoms with van der Waals surface area (Å²) in [6, 6.07) is 10.9.